The van der Waals surface area contributed by atoms with Crippen LogP contribution in [0.25, 0.3) is 0 Å². The zero-order valence-corrected chi connectivity index (χ0v) is 8.27. The van der Waals surface area contributed by atoms with Gasteiger partial charge in [-0.15, -0.1) is 0 Å². The maximum atomic E-state index is 10.8. The zero-order valence-electron chi connectivity index (χ0n) is 8.27. The summed E-state index contributed by atoms with van der Waals surface area (Å²) >= 11 is 0. The number of nitro groups is 1. The van der Waals surface area contributed by atoms with Crippen molar-refractivity contribution in [3.05, 3.63) is 22.4 Å². The van der Waals surface area contributed by atoms with Crippen molar-refractivity contribution in [1.82, 2.24) is 4.98 Å². The van der Waals surface area contributed by atoms with E-state index in [0.717, 1.165) is 12.8 Å². The molecule has 1 aliphatic carbocycles. The molecule has 15 heavy (non-hydrogen) atoms. The summed E-state index contributed by atoms with van der Waals surface area (Å²) in [4.78, 5) is 13.9. The summed E-state index contributed by atoms with van der Waals surface area (Å²) in [5, 5.41) is 10.8. The molecule has 0 amide bonds. The second kappa shape index (κ2) is 3.08. The Hall–Kier alpha value is -1.85. The van der Waals surface area contributed by atoms with Crippen molar-refractivity contribution >= 4 is 11.5 Å². The number of rotatable bonds is 3. The molecule has 0 aromatic carbocycles. The second-order valence-electron chi connectivity index (χ2n) is 3.85. The summed E-state index contributed by atoms with van der Waals surface area (Å²) in [6.07, 6.45) is 3.22. The number of ether oxygens (including phenoxy) is 1. The van der Waals surface area contributed by atoms with Crippen LogP contribution in [0.3, 0.4) is 0 Å². The molecule has 0 atom stereocenters. The first kappa shape index (κ1) is 9.70. The van der Waals surface area contributed by atoms with E-state index in [0.29, 0.717) is 0 Å². The van der Waals surface area contributed by atoms with Crippen LogP contribution in [-0.4, -0.2) is 15.5 Å². The average Bonchev–Trinajstić information content (AvgIpc) is 2.82. The molecule has 1 fully saturated rings. The maximum Gasteiger partial charge on any atom is 0.352 e. The molecule has 2 rings (SSSR count). The minimum absolute atomic E-state index is 0.109. The third kappa shape index (κ3) is 1.83. The van der Waals surface area contributed by atoms with Crippen LogP contribution in [0.1, 0.15) is 19.8 Å². The number of hydrogen-bond donors (Lipinski definition) is 1. The highest BCUT2D eigenvalue weighted by atomic mass is 16.6. The lowest BCUT2D eigenvalue weighted by Crippen LogP contribution is -2.14. The molecule has 6 nitrogen and oxygen atoms in total. The molecule has 80 valence electrons. The van der Waals surface area contributed by atoms with Crippen LogP contribution in [0.2, 0.25) is 0 Å². The fourth-order valence-corrected chi connectivity index (χ4v) is 1.26. The molecular weight excluding hydrogens is 198 g/mol. The van der Waals surface area contributed by atoms with Gasteiger partial charge in [0.05, 0.1) is 4.92 Å². The van der Waals surface area contributed by atoms with Gasteiger partial charge < -0.3 is 10.5 Å². The monoisotopic (exact) mass is 209 g/mol. The van der Waals surface area contributed by atoms with Gasteiger partial charge in [0.15, 0.2) is 0 Å². The fraction of sp³-hybridized carbons (Fsp3) is 0.444. The zero-order chi connectivity index (χ0) is 11.1. The average molecular weight is 209 g/mol. The molecule has 0 radical (unpaired) electrons. The van der Waals surface area contributed by atoms with Gasteiger partial charge in [-0.3, -0.25) is 10.1 Å². The Morgan fingerprint density at radius 1 is 1.67 bits per heavy atom. The number of nitrogens with two attached hydrogens (primary N) is 1. The Kier molecular flexibility index (Phi) is 1.99. The molecule has 0 unspecified atom stereocenters. The van der Waals surface area contributed by atoms with Crippen LogP contribution in [0, 0.1) is 10.1 Å². The van der Waals surface area contributed by atoms with Crippen LogP contribution in [0.4, 0.5) is 11.5 Å². The minimum Gasteiger partial charge on any atom is -0.480 e. The molecule has 0 bridgehead atoms. The highest BCUT2D eigenvalue weighted by Gasteiger charge is 2.41. The third-order valence-electron chi connectivity index (χ3n) is 2.41. The summed E-state index contributed by atoms with van der Waals surface area (Å²) in [7, 11) is 0. The van der Waals surface area contributed by atoms with Gasteiger partial charge in [0.2, 0.25) is 11.6 Å². The van der Waals surface area contributed by atoms with Gasteiger partial charge in [0, 0.05) is 12.3 Å². The molecule has 1 heterocycles. The second-order valence-corrected chi connectivity index (χ2v) is 3.85. The van der Waals surface area contributed by atoms with Crippen molar-refractivity contribution in [2.45, 2.75) is 25.4 Å². The van der Waals surface area contributed by atoms with E-state index in [1.54, 1.807) is 0 Å². The lowest BCUT2D eigenvalue weighted by atomic mass is 10.3. The minimum atomic E-state index is -0.566. The van der Waals surface area contributed by atoms with Crippen LogP contribution >= 0.6 is 0 Å². The number of nitrogen functional groups attached to an aromatic ring is 1. The van der Waals surface area contributed by atoms with Crippen LogP contribution < -0.4 is 10.5 Å². The van der Waals surface area contributed by atoms with E-state index in [-0.39, 0.29) is 22.9 Å². The van der Waals surface area contributed by atoms with Crippen molar-refractivity contribution in [1.29, 1.82) is 0 Å². The lowest BCUT2D eigenvalue weighted by Gasteiger charge is -2.12. The number of pyridine rings is 1. The summed E-state index contributed by atoms with van der Waals surface area (Å²) in [5.74, 6) is 0.0919. The summed E-state index contributed by atoms with van der Waals surface area (Å²) in [6.45, 7) is 1.91. The van der Waals surface area contributed by atoms with E-state index < -0.39 is 4.92 Å². The quantitative estimate of drug-likeness (QED) is 0.601. The summed E-state index contributed by atoms with van der Waals surface area (Å²) < 4.78 is 5.52. The van der Waals surface area contributed by atoms with Gasteiger partial charge in [0.1, 0.15) is 5.60 Å². The highest BCUT2D eigenvalue weighted by Crippen LogP contribution is 2.43. The van der Waals surface area contributed by atoms with Crippen molar-refractivity contribution < 1.29 is 9.66 Å². The molecular formula is C9H11N3O3. The van der Waals surface area contributed by atoms with Crippen molar-refractivity contribution in [2.75, 3.05) is 5.73 Å². The molecule has 6 heteroatoms. The smallest absolute Gasteiger partial charge is 0.352 e. The van der Waals surface area contributed by atoms with Gasteiger partial charge in [-0.2, -0.15) is 0 Å². The normalized spacial score (nSPS) is 17.1. The molecule has 1 aromatic rings. The first-order valence-corrected chi connectivity index (χ1v) is 4.60. The van der Waals surface area contributed by atoms with E-state index in [1.165, 1.54) is 12.3 Å². The molecule has 0 aliphatic heterocycles. The molecule has 1 aromatic heterocycles. The van der Waals surface area contributed by atoms with Gasteiger partial charge in [-0.05, 0) is 19.8 Å². The van der Waals surface area contributed by atoms with Crippen LogP contribution in [0.5, 0.6) is 5.75 Å². The molecule has 0 spiro atoms. The van der Waals surface area contributed by atoms with Crippen LogP contribution in [0.15, 0.2) is 12.3 Å². The third-order valence-corrected chi connectivity index (χ3v) is 2.41. The Morgan fingerprint density at radius 2 is 2.33 bits per heavy atom. The van der Waals surface area contributed by atoms with Gasteiger partial charge >= 0.3 is 5.69 Å². The Morgan fingerprint density at radius 3 is 2.87 bits per heavy atom. The summed E-state index contributed by atoms with van der Waals surface area (Å²) in [5.41, 5.74) is 4.92. The number of nitrogens with zero attached hydrogens (tertiary/aromatic N) is 2. The standard InChI is InChI=1S/C9H11N3O3/c1-9(3-4-9)15-6-2-5-11-8(10)7(6)12(13)14/h2,5H,3-4H2,1H3,(H2,10,11). The Bertz CT molecular complexity index is 415. The summed E-state index contributed by atoms with van der Waals surface area (Å²) in [6, 6.07) is 1.47. The van der Waals surface area contributed by atoms with Crippen molar-refractivity contribution in [2.24, 2.45) is 0 Å². The first-order chi connectivity index (χ1) is 7.02. The molecule has 1 saturated carbocycles. The number of anilines is 1. The molecule has 1 aliphatic rings. The topological polar surface area (TPSA) is 91.3 Å². The SMILES string of the molecule is CC1(Oc2ccnc(N)c2[N+](=O)[O-])CC1. The number of aromatic nitrogens is 1. The maximum absolute atomic E-state index is 10.8. The van der Waals surface area contributed by atoms with Gasteiger partial charge in [-0.25, -0.2) is 4.98 Å². The Labute approximate surface area is 86.2 Å². The first-order valence-electron chi connectivity index (χ1n) is 4.60. The predicted octanol–water partition coefficient (Wildman–Crippen LogP) is 1.50. The highest BCUT2D eigenvalue weighted by molar-refractivity contribution is 5.61. The van der Waals surface area contributed by atoms with E-state index in [4.69, 9.17) is 10.5 Å². The predicted molar refractivity (Wildman–Crippen MR) is 53.6 cm³/mol. The van der Waals surface area contributed by atoms with E-state index in [1.807, 2.05) is 6.92 Å². The fourth-order valence-electron chi connectivity index (χ4n) is 1.26. The van der Waals surface area contributed by atoms with E-state index >= 15 is 0 Å². The van der Waals surface area contributed by atoms with Gasteiger partial charge in [0.25, 0.3) is 0 Å². The van der Waals surface area contributed by atoms with E-state index in [2.05, 4.69) is 4.98 Å². The molecule has 2 N–H and O–H groups in total. The van der Waals surface area contributed by atoms with E-state index in [9.17, 15) is 10.1 Å². The van der Waals surface area contributed by atoms with Crippen LogP contribution in [-0.2, 0) is 0 Å². The van der Waals surface area contributed by atoms with Gasteiger partial charge in [-0.1, -0.05) is 0 Å². The lowest BCUT2D eigenvalue weighted by molar-refractivity contribution is -0.385. The van der Waals surface area contributed by atoms with Crippen molar-refractivity contribution in [3.8, 4) is 5.75 Å². The van der Waals surface area contributed by atoms with Crippen molar-refractivity contribution in [3.63, 3.8) is 0 Å². The molecule has 0 saturated heterocycles. The Balaban J connectivity index is 2.37. The largest absolute Gasteiger partial charge is 0.480 e. The number of hydrogen-bond acceptors (Lipinski definition) is 5.